The van der Waals surface area contributed by atoms with Crippen molar-refractivity contribution in [2.45, 2.75) is 0 Å². The van der Waals surface area contributed by atoms with Crippen molar-refractivity contribution in [2.75, 3.05) is 0 Å². The van der Waals surface area contributed by atoms with Crippen LogP contribution in [0.15, 0.2) is 328 Å². The summed E-state index contributed by atoms with van der Waals surface area (Å²) < 4.78 is 4.73. The van der Waals surface area contributed by atoms with E-state index in [1.165, 1.54) is 154 Å². The van der Waals surface area contributed by atoms with E-state index in [0.29, 0.717) is 0 Å². The van der Waals surface area contributed by atoms with Gasteiger partial charge in [0.05, 0.1) is 22.1 Å². The molecule has 0 amide bonds. The lowest BCUT2D eigenvalue weighted by Gasteiger charge is -2.18. The Morgan fingerprint density at radius 1 is 0.167 bits per heavy atom. The third-order valence-electron chi connectivity index (χ3n) is 17.2. The van der Waals surface area contributed by atoms with E-state index in [0.717, 1.165) is 0 Å². The first-order chi connectivity index (χ1) is 41.7. The normalized spacial score (nSPS) is 11.6. The van der Waals surface area contributed by atoms with Crippen LogP contribution in [-0.2, 0) is 0 Å². The van der Waals surface area contributed by atoms with Crippen LogP contribution in [0.3, 0.4) is 0 Å². The van der Waals surface area contributed by atoms with Crippen molar-refractivity contribution in [1.29, 1.82) is 0 Å². The van der Waals surface area contributed by atoms with E-state index in [1.54, 1.807) is 0 Å². The first-order valence-corrected chi connectivity index (χ1v) is 29.0. The summed E-state index contributed by atoms with van der Waals surface area (Å²) in [6, 6.07) is 119. The highest BCUT2D eigenvalue weighted by Gasteiger charge is 2.19. The summed E-state index contributed by atoms with van der Waals surface area (Å²) in [6.45, 7) is 0. The van der Waals surface area contributed by atoms with E-state index in [1.807, 2.05) is 0 Å². The minimum absolute atomic E-state index is 1.18. The van der Waals surface area contributed by atoms with Crippen molar-refractivity contribution in [3.8, 4) is 67.0 Å². The molecule has 84 heavy (non-hydrogen) atoms. The molecule has 17 aromatic rings. The van der Waals surface area contributed by atoms with Crippen LogP contribution < -0.4 is 0 Å². The lowest BCUT2D eigenvalue weighted by atomic mass is 9.86. The standard InChI is InChI=1S/C44H29N.C38H25N/c1-3-13-31(14-4-1)43-36-18-7-9-20-38(36)44(39-21-10-8-19-37(39)43)32-25-23-30(24-26-32)33-27-28-42-40(29-33)35-17-11-12-22-41(35)45(42)34-15-5-2-6-16-34;1-2-11-30(12-3-1)39-37-17-9-8-16-34(37)36-24-28(22-23-38(36)39)26-18-20-27(21-19-26)35-25-29-10-4-5-13-31(29)32-14-6-7-15-33(32)35/h1-29H;1-25H. The molecule has 2 heterocycles. The Labute approximate surface area is 487 Å². The Morgan fingerprint density at radius 2 is 0.488 bits per heavy atom. The third-order valence-corrected chi connectivity index (χ3v) is 17.2. The molecule has 0 atom stereocenters. The van der Waals surface area contributed by atoms with Crippen molar-refractivity contribution < 1.29 is 0 Å². The minimum Gasteiger partial charge on any atom is -0.309 e. The van der Waals surface area contributed by atoms with Crippen LogP contribution in [0, 0.1) is 0 Å². The summed E-state index contributed by atoms with van der Waals surface area (Å²) in [5.74, 6) is 0. The molecule has 0 N–H and O–H groups in total. The van der Waals surface area contributed by atoms with E-state index in [9.17, 15) is 0 Å². The number of rotatable bonds is 7. The van der Waals surface area contributed by atoms with E-state index in [2.05, 4.69) is 337 Å². The average Bonchev–Trinajstić information content (AvgIpc) is 2.26. The van der Waals surface area contributed by atoms with Gasteiger partial charge in [0.25, 0.3) is 0 Å². The van der Waals surface area contributed by atoms with Gasteiger partial charge in [0, 0.05) is 32.9 Å². The lowest BCUT2D eigenvalue weighted by molar-refractivity contribution is 1.18. The fourth-order valence-electron chi connectivity index (χ4n) is 13.3. The van der Waals surface area contributed by atoms with Gasteiger partial charge in [0.2, 0.25) is 0 Å². The molecule has 0 aliphatic carbocycles. The molecule has 0 saturated heterocycles. The maximum Gasteiger partial charge on any atom is 0.0541 e. The smallest absolute Gasteiger partial charge is 0.0541 e. The zero-order valence-electron chi connectivity index (χ0n) is 46.1. The summed E-state index contributed by atoms with van der Waals surface area (Å²) in [5.41, 5.74) is 19.7. The summed E-state index contributed by atoms with van der Waals surface area (Å²) >= 11 is 0. The molecular weight excluding hydrogens is 1010 g/mol. The fourth-order valence-corrected chi connectivity index (χ4v) is 13.3. The monoisotopic (exact) mass is 1070 g/mol. The zero-order valence-corrected chi connectivity index (χ0v) is 46.1. The maximum atomic E-state index is 2.37. The predicted octanol–water partition coefficient (Wildman–Crippen LogP) is 22.5. The van der Waals surface area contributed by atoms with Gasteiger partial charge in [0.1, 0.15) is 0 Å². The first-order valence-electron chi connectivity index (χ1n) is 29.0. The van der Waals surface area contributed by atoms with E-state index in [-0.39, 0.29) is 0 Å². The van der Waals surface area contributed by atoms with Gasteiger partial charge in [-0.1, -0.05) is 261 Å². The van der Waals surface area contributed by atoms with Crippen LogP contribution >= 0.6 is 0 Å². The zero-order chi connectivity index (χ0) is 55.5. The largest absolute Gasteiger partial charge is 0.309 e. The van der Waals surface area contributed by atoms with Crippen LogP contribution in [-0.4, -0.2) is 9.13 Å². The van der Waals surface area contributed by atoms with Crippen LogP contribution in [0.4, 0.5) is 0 Å². The number of hydrogen-bond donors (Lipinski definition) is 0. The summed E-state index contributed by atoms with van der Waals surface area (Å²) in [4.78, 5) is 0. The Bertz CT molecular complexity index is 5270. The molecule has 2 heteroatoms. The molecule has 17 rings (SSSR count). The van der Waals surface area contributed by atoms with Crippen molar-refractivity contribution >= 4 is 86.7 Å². The van der Waals surface area contributed by atoms with Crippen molar-refractivity contribution in [2.24, 2.45) is 0 Å². The van der Waals surface area contributed by atoms with Gasteiger partial charge in [-0.3, -0.25) is 0 Å². The van der Waals surface area contributed by atoms with Gasteiger partial charge in [0.15, 0.2) is 0 Å². The second kappa shape index (κ2) is 20.5. The molecular formula is C82H54N2. The number of nitrogens with zero attached hydrogens (tertiary/aromatic N) is 2. The second-order valence-electron chi connectivity index (χ2n) is 21.9. The number of aromatic nitrogens is 2. The molecule has 0 bridgehead atoms. The Morgan fingerprint density at radius 3 is 0.964 bits per heavy atom. The summed E-state index contributed by atoms with van der Waals surface area (Å²) in [6.07, 6.45) is 0. The average molecular weight is 1070 g/mol. The van der Waals surface area contributed by atoms with Crippen molar-refractivity contribution in [3.63, 3.8) is 0 Å². The van der Waals surface area contributed by atoms with Gasteiger partial charge in [-0.25, -0.2) is 0 Å². The quantitative estimate of drug-likeness (QED) is 0.111. The molecule has 0 saturated carbocycles. The molecule has 392 valence electrons. The third kappa shape index (κ3) is 8.26. The topological polar surface area (TPSA) is 9.86 Å². The van der Waals surface area contributed by atoms with Crippen LogP contribution in [0.2, 0.25) is 0 Å². The molecule has 0 unspecified atom stereocenters. The number of hydrogen-bond acceptors (Lipinski definition) is 0. The van der Waals surface area contributed by atoms with Crippen LogP contribution in [0.25, 0.3) is 154 Å². The molecule has 0 aliphatic heterocycles. The molecule has 0 fully saturated rings. The molecule has 0 aliphatic rings. The Balaban J connectivity index is 0.000000139. The number of fused-ring (bicyclic) bond motifs is 11. The highest BCUT2D eigenvalue weighted by atomic mass is 15.0. The SMILES string of the molecule is c1ccc(-c2c3ccccc3c(-c3ccc(-c4ccc5c(c4)c4ccccc4n5-c4ccccc4)cc3)c3ccccc23)cc1.c1ccc(-n2c3ccccc3c3cc(-c4ccc(-c5cc6ccccc6c6ccccc56)cc4)ccc32)cc1. The molecule has 0 spiro atoms. The van der Waals surface area contributed by atoms with Crippen LogP contribution in [0.1, 0.15) is 0 Å². The number of para-hydroxylation sites is 4. The van der Waals surface area contributed by atoms with Gasteiger partial charge >= 0.3 is 0 Å². The fraction of sp³-hybridized carbons (Fsp3) is 0. The van der Waals surface area contributed by atoms with E-state index in [4.69, 9.17) is 0 Å². The lowest BCUT2D eigenvalue weighted by Crippen LogP contribution is -1.92. The number of benzene rings is 15. The van der Waals surface area contributed by atoms with E-state index < -0.39 is 0 Å². The van der Waals surface area contributed by atoms with Gasteiger partial charge < -0.3 is 9.13 Å². The molecule has 0 radical (unpaired) electrons. The second-order valence-corrected chi connectivity index (χ2v) is 21.9. The maximum absolute atomic E-state index is 2.37. The minimum atomic E-state index is 1.18. The molecule has 2 nitrogen and oxygen atoms in total. The molecule has 2 aromatic heterocycles. The Hall–Kier alpha value is -11.1. The van der Waals surface area contributed by atoms with Gasteiger partial charge in [-0.15, -0.1) is 0 Å². The Kier molecular flexibility index (Phi) is 11.9. The van der Waals surface area contributed by atoms with Gasteiger partial charge in [-0.05, 0) is 165 Å². The highest BCUT2D eigenvalue weighted by Crippen LogP contribution is 2.45. The highest BCUT2D eigenvalue weighted by molar-refractivity contribution is 6.22. The molecule has 15 aromatic carbocycles. The predicted molar refractivity (Wildman–Crippen MR) is 359 cm³/mol. The van der Waals surface area contributed by atoms with Crippen LogP contribution in [0.5, 0.6) is 0 Å². The van der Waals surface area contributed by atoms with Gasteiger partial charge in [-0.2, -0.15) is 0 Å². The summed E-state index contributed by atoms with van der Waals surface area (Å²) in [5, 5.41) is 15.4. The van der Waals surface area contributed by atoms with E-state index >= 15 is 0 Å². The van der Waals surface area contributed by atoms with Crippen molar-refractivity contribution in [1.82, 2.24) is 9.13 Å². The summed E-state index contributed by atoms with van der Waals surface area (Å²) in [7, 11) is 0. The van der Waals surface area contributed by atoms with Crippen molar-refractivity contribution in [3.05, 3.63) is 328 Å². The first kappa shape index (κ1) is 48.8.